The first kappa shape index (κ1) is 11.7. The molecule has 2 aromatic rings. The summed E-state index contributed by atoms with van der Waals surface area (Å²) in [5.74, 6) is -2.63. The minimum Gasteiger partial charge on any atom is -0.463 e. The van der Waals surface area contributed by atoms with Gasteiger partial charge in [-0.25, -0.2) is 14.2 Å². The van der Waals surface area contributed by atoms with Crippen molar-refractivity contribution in [3.05, 3.63) is 28.4 Å². The van der Waals surface area contributed by atoms with E-state index in [1.165, 1.54) is 6.20 Å². The largest absolute Gasteiger partial charge is 0.463 e. The molecule has 0 spiro atoms. The maximum absolute atomic E-state index is 13.6. The fourth-order valence-electron chi connectivity index (χ4n) is 1.46. The highest BCUT2D eigenvalue weighted by Crippen LogP contribution is 2.26. The van der Waals surface area contributed by atoms with Gasteiger partial charge in [0.25, 0.3) is 5.78 Å². The minimum absolute atomic E-state index is 0.0160. The molecule has 0 saturated carbocycles. The average molecular weight is 301 g/mol. The molecule has 0 atom stereocenters. The summed E-state index contributed by atoms with van der Waals surface area (Å²) in [5, 5.41) is 0.0160. The predicted octanol–water partition coefficient (Wildman–Crippen LogP) is 1.82. The smallest absolute Gasteiger partial charge is 0.379 e. The number of hydrogen-bond donors (Lipinski definition) is 1. The molecule has 0 saturated heterocycles. The van der Waals surface area contributed by atoms with Crippen molar-refractivity contribution < 1.29 is 18.7 Å². The highest BCUT2D eigenvalue weighted by molar-refractivity contribution is 9.10. The van der Waals surface area contributed by atoms with E-state index in [2.05, 4.69) is 30.6 Å². The lowest BCUT2D eigenvalue weighted by Gasteiger charge is -1.99. The van der Waals surface area contributed by atoms with Crippen molar-refractivity contribution in [1.29, 1.82) is 0 Å². The Labute approximate surface area is 103 Å². The van der Waals surface area contributed by atoms with E-state index in [1.54, 1.807) is 0 Å². The van der Waals surface area contributed by atoms with Gasteiger partial charge < -0.3 is 9.72 Å². The lowest BCUT2D eigenvalue weighted by molar-refractivity contribution is -0.135. The van der Waals surface area contributed by atoms with Crippen LogP contribution in [0.3, 0.4) is 0 Å². The average Bonchev–Trinajstić information content (AvgIpc) is 2.77. The number of aromatic amines is 1. The lowest BCUT2D eigenvalue weighted by atomic mass is 10.1. The number of carbonyl (C=O) groups is 2. The molecule has 0 aliphatic heterocycles. The Bertz CT molecular complexity index is 623. The third kappa shape index (κ3) is 1.82. The summed E-state index contributed by atoms with van der Waals surface area (Å²) in [4.78, 5) is 29.1. The van der Waals surface area contributed by atoms with Crippen molar-refractivity contribution in [3.63, 3.8) is 0 Å². The number of Topliss-reactive ketones (excluding diaryl/α,β-unsaturated/α-hetero) is 1. The molecular weight excluding hydrogens is 295 g/mol. The van der Waals surface area contributed by atoms with Gasteiger partial charge in [0.2, 0.25) is 0 Å². The number of hydrogen-bond acceptors (Lipinski definition) is 4. The summed E-state index contributed by atoms with van der Waals surface area (Å²) < 4.78 is 18.2. The zero-order valence-corrected chi connectivity index (χ0v) is 10.2. The number of methoxy groups -OCH3 is 1. The van der Waals surface area contributed by atoms with E-state index in [9.17, 15) is 14.0 Å². The number of esters is 1. The molecule has 0 bridgehead atoms. The SMILES string of the molecule is COC(=O)C(=O)c1c[nH]c2c(Br)ncc(F)c12. The first-order valence-corrected chi connectivity index (χ1v) is 5.29. The van der Waals surface area contributed by atoms with Crippen molar-refractivity contribution >= 4 is 38.6 Å². The standard InChI is InChI=1S/C10H6BrFN2O3/c1-17-10(16)8(15)4-2-13-7-6(4)5(12)3-14-9(7)11/h2-3,13H,1H3. The Kier molecular flexibility index (Phi) is 2.93. The number of aromatic nitrogens is 2. The number of rotatable bonds is 2. The summed E-state index contributed by atoms with van der Waals surface area (Å²) in [7, 11) is 1.09. The summed E-state index contributed by atoms with van der Waals surface area (Å²) in [6.45, 7) is 0. The second-order valence-corrected chi connectivity index (χ2v) is 3.92. The highest BCUT2D eigenvalue weighted by Gasteiger charge is 2.23. The van der Waals surface area contributed by atoms with E-state index >= 15 is 0 Å². The van der Waals surface area contributed by atoms with Crippen LogP contribution in [-0.2, 0) is 9.53 Å². The van der Waals surface area contributed by atoms with Gasteiger partial charge in [0.15, 0.2) is 5.82 Å². The van der Waals surface area contributed by atoms with Gasteiger partial charge in [-0.1, -0.05) is 0 Å². The van der Waals surface area contributed by atoms with Crippen LogP contribution in [0.2, 0.25) is 0 Å². The number of H-pyrrole nitrogens is 1. The van der Waals surface area contributed by atoms with Crippen LogP contribution in [0.5, 0.6) is 0 Å². The van der Waals surface area contributed by atoms with Gasteiger partial charge in [-0.3, -0.25) is 4.79 Å². The zero-order chi connectivity index (χ0) is 12.6. The van der Waals surface area contributed by atoms with E-state index in [1.807, 2.05) is 0 Å². The quantitative estimate of drug-likeness (QED) is 0.397. The van der Waals surface area contributed by atoms with Gasteiger partial charge in [0.05, 0.1) is 29.8 Å². The molecule has 0 amide bonds. The fourth-order valence-corrected chi connectivity index (χ4v) is 1.87. The van der Waals surface area contributed by atoms with Crippen LogP contribution >= 0.6 is 15.9 Å². The lowest BCUT2D eigenvalue weighted by Crippen LogP contribution is -2.15. The maximum atomic E-state index is 13.6. The molecule has 5 nitrogen and oxygen atoms in total. The van der Waals surface area contributed by atoms with Crippen molar-refractivity contribution in [2.75, 3.05) is 7.11 Å². The number of pyridine rings is 1. The molecule has 0 aliphatic rings. The molecule has 2 heterocycles. The Morgan fingerprint density at radius 1 is 1.53 bits per heavy atom. The number of nitrogens with one attached hydrogen (secondary N) is 1. The molecule has 2 aromatic heterocycles. The molecule has 17 heavy (non-hydrogen) atoms. The van der Waals surface area contributed by atoms with Gasteiger partial charge >= 0.3 is 5.97 Å². The topological polar surface area (TPSA) is 72.1 Å². The number of carbonyl (C=O) groups excluding carboxylic acids is 2. The molecule has 0 fully saturated rings. The van der Waals surface area contributed by atoms with Crippen molar-refractivity contribution in [1.82, 2.24) is 9.97 Å². The predicted molar refractivity (Wildman–Crippen MR) is 60.1 cm³/mol. The molecule has 0 aliphatic carbocycles. The van der Waals surface area contributed by atoms with Crippen molar-refractivity contribution in [2.24, 2.45) is 0 Å². The first-order chi connectivity index (χ1) is 8.06. The molecule has 0 radical (unpaired) electrons. The van der Waals surface area contributed by atoms with Gasteiger partial charge in [-0.15, -0.1) is 0 Å². The molecule has 1 N–H and O–H groups in total. The van der Waals surface area contributed by atoms with Crippen LogP contribution in [0.4, 0.5) is 4.39 Å². The second kappa shape index (κ2) is 4.25. The fraction of sp³-hybridized carbons (Fsp3) is 0.100. The molecule has 0 unspecified atom stereocenters. The molecular formula is C10H6BrFN2O3. The Hall–Kier alpha value is -1.76. The van der Waals surface area contributed by atoms with Crippen LogP contribution in [-0.4, -0.2) is 28.8 Å². The first-order valence-electron chi connectivity index (χ1n) is 4.50. The summed E-state index contributed by atoms with van der Waals surface area (Å²) in [6.07, 6.45) is 2.22. The number of fused-ring (bicyclic) bond motifs is 1. The summed E-state index contributed by atoms with van der Waals surface area (Å²) in [5.41, 5.74) is 0.240. The van der Waals surface area contributed by atoms with E-state index in [0.29, 0.717) is 10.1 Å². The van der Waals surface area contributed by atoms with Gasteiger partial charge in [0.1, 0.15) is 4.60 Å². The monoisotopic (exact) mass is 300 g/mol. The van der Waals surface area contributed by atoms with Crippen molar-refractivity contribution in [2.45, 2.75) is 0 Å². The third-order valence-electron chi connectivity index (χ3n) is 2.23. The van der Waals surface area contributed by atoms with Crippen LogP contribution in [0.25, 0.3) is 10.9 Å². The van der Waals surface area contributed by atoms with Gasteiger partial charge in [0, 0.05) is 6.20 Å². The molecule has 0 aromatic carbocycles. The van der Waals surface area contributed by atoms with Crippen LogP contribution in [0.1, 0.15) is 10.4 Å². The van der Waals surface area contributed by atoms with Crippen LogP contribution in [0, 0.1) is 5.82 Å². The number of ether oxygens (including phenoxy) is 1. The Morgan fingerprint density at radius 3 is 2.88 bits per heavy atom. The highest BCUT2D eigenvalue weighted by atomic mass is 79.9. The number of nitrogens with zero attached hydrogens (tertiary/aromatic N) is 1. The number of halogens is 2. The van der Waals surface area contributed by atoms with E-state index in [0.717, 1.165) is 13.3 Å². The summed E-state index contributed by atoms with van der Waals surface area (Å²) >= 11 is 3.11. The second-order valence-electron chi connectivity index (χ2n) is 3.17. The Morgan fingerprint density at radius 2 is 2.24 bits per heavy atom. The zero-order valence-electron chi connectivity index (χ0n) is 8.58. The maximum Gasteiger partial charge on any atom is 0.379 e. The van der Waals surface area contributed by atoms with E-state index < -0.39 is 17.6 Å². The normalized spacial score (nSPS) is 10.5. The Balaban J connectivity index is 2.68. The van der Waals surface area contributed by atoms with Crippen molar-refractivity contribution in [3.8, 4) is 0 Å². The molecule has 7 heteroatoms. The van der Waals surface area contributed by atoms with E-state index in [-0.39, 0.29) is 10.9 Å². The van der Waals surface area contributed by atoms with Gasteiger partial charge in [-0.05, 0) is 15.9 Å². The molecule has 2 rings (SSSR count). The minimum atomic E-state index is -1.04. The van der Waals surface area contributed by atoms with Crippen LogP contribution < -0.4 is 0 Å². The number of ketones is 1. The molecule has 88 valence electrons. The summed E-state index contributed by atoms with van der Waals surface area (Å²) in [6, 6.07) is 0. The van der Waals surface area contributed by atoms with Crippen LogP contribution in [0.15, 0.2) is 17.0 Å². The van der Waals surface area contributed by atoms with E-state index in [4.69, 9.17) is 0 Å². The van der Waals surface area contributed by atoms with Gasteiger partial charge in [-0.2, -0.15) is 0 Å². The third-order valence-corrected chi connectivity index (χ3v) is 2.83.